The zero-order chi connectivity index (χ0) is 13.2. The number of rotatable bonds is 3. The van der Waals surface area contributed by atoms with Crippen LogP contribution in [0.25, 0.3) is 0 Å². The van der Waals surface area contributed by atoms with Crippen LogP contribution in [0.2, 0.25) is 0 Å². The molecule has 2 N–H and O–H groups in total. The fourth-order valence-electron chi connectivity index (χ4n) is 1.37. The first-order valence-corrected chi connectivity index (χ1v) is 6.44. The van der Waals surface area contributed by atoms with E-state index in [4.69, 9.17) is 5.73 Å². The quantitative estimate of drug-likeness (QED) is 0.943. The molecule has 1 aromatic heterocycles. The molecule has 1 aromatic carbocycles. The van der Waals surface area contributed by atoms with Crippen molar-refractivity contribution < 1.29 is 13.2 Å². The van der Waals surface area contributed by atoms with E-state index >= 15 is 0 Å². The maximum absolute atomic E-state index is 12.8. The Balaban J connectivity index is 2.34. The van der Waals surface area contributed by atoms with Crippen LogP contribution in [-0.2, 0) is 12.7 Å². The molecular weight excluding hydrogens is 283 g/mol. The second-order valence-electron chi connectivity index (χ2n) is 3.33. The summed E-state index contributed by atoms with van der Waals surface area (Å²) < 4.78 is 42.8. The summed E-state index contributed by atoms with van der Waals surface area (Å²) in [6.45, 7) is -0.140. The monoisotopic (exact) mass is 291 g/mol. The van der Waals surface area contributed by atoms with Gasteiger partial charge in [-0.05, 0) is 29.2 Å². The molecule has 2 rings (SSSR count). The molecule has 0 saturated carbocycles. The molecular formula is C10H8F3N3S2. The van der Waals surface area contributed by atoms with Crippen molar-refractivity contribution in [3.63, 3.8) is 0 Å². The van der Waals surface area contributed by atoms with Crippen LogP contribution in [0.4, 0.5) is 13.2 Å². The van der Waals surface area contributed by atoms with E-state index in [2.05, 4.69) is 9.36 Å². The highest BCUT2D eigenvalue weighted by molar-refractivity contribution is 8.01. The van der Waals surface area contributed by atoms with Crippen molar-refractivity contribution in [1.29, 1.82) is 0 Å². The van der Waals surface area contributed by atoms with Gasteiger partial charge in [-0.25, -0.2) is 4.98 Å². The van der Waals surface area contributed by atoms with Crippen molar-refractivity contribution >= 4 is 23.3 Å². The lowest BCUT2D eigenvalue weighted by Gasteiger charge is -2.12. The molecule has 0 radical (unpaired) electrons. The molecule has 0 spiro atoms. The summed E-state index contributed by atoms with van der Waals surface area (Å²) in [6.07, 6.45) is -3.03. The summed E-state index contributed by atoms with van der Waals surface area (Å²) in [6, 6.07) is 4.09. The van der Waals surface area contributed by atoms with Crippen LogP contribution in [0.15, 0.2) is 33.8 Å². The second kappa shape index (κ2) is 5.25. The van der Waals surface area contributed by atoms with Crippen LogP contribution in [0.5, 0.6) is 0 Å². The van der Waals surface area contributed by atoms with Gasteiger partial charge in [-0.3, -0.25) is 0 Å². The summed E-state index contributed by atoms with van der Waals surface area (Å²) in [5.74, 6) is 0. The first-order valence-electron chi connectivity index (χ1n) is 4.85. The molecule has 0 unspecified atom stereocenters. The number of aromatic nitrogens is 2. The number of alkyl halides is 3. The molecule has 18 heavy (non-hydrogen) atoms. The number of nitrogens with two attached hydrogens (primary N) is 1. The highest BCUT2D eigenvalue weighted by Gasteiger charge is 2.33. The van der Waals surface area contributed by atoms with E-state index in [0.717, 1.165) is 29.4 Å². The van der Waals surface area contributed by atoms with Crippen molar-refractivity contribution in [2.24, 2.45) is 5.73 Å². The van der Waals surface area contributed by atoms with E-state index < -0.39 is 11.7 Å². The van der Waals surface area contributed by atoms with Crippen molar-refractivity contribution in [2.75, 3.05) is 0 Å². The molecule has 8 heteroatoms. The van der Waals surface area contributed by atoms with E-state index in [-0.39, 0.29) is 12.1 Å². The molecule has 0 fully saturated rings. The number of hydrogen-bond donors (Lipinski definition) is 1. The zero-order valence-electron chi connectivity index (χ0n) is 8.94. The smallest absolute Gasteiger partial charge is 0.326 e. The van der Waals surface area contributed by atoms with Gasteiger partial charge in [0.25, 0.3) is 0 Å². The zero-order valence-corrected chi connectivity index (χ0v) is 10.6. The van der Waals surface area contributed by atoms with Crippen LogP contribution in [0.1, 0.15) is 11.1 Å². The Bertz CT molecular complexity index is 526. The standard InChI is InChI=1S/C10H8F3N3S2/c11-10(12,13)8-3-7(2-1-6(8)4-14)17-9-15-5-16-18-9/h1-3,5H,4,14H2. The molecule has 0 aliphatic rings. The minimum absolute atomic E-state index is 0.0871. The topological polar surface area (TPSA) is 51.8 Å². The number of benzene rings is 1. The Kier molecular flexibility index (Phi) is 3.88. The summed E-state index contributed by atoms with van der Waals surface area (Å²) in [7, 11) is 0. The fraction of sp³-hybridized carbons (Fsp3) is 0.200. The van der Waals surface area contributed by atoms with Crippen LogP contribution in [0.3, 0.4) is 0 Å². The van der Waals surface area contributed by atoms with Gasteiger partial charge in [-0.1, -0.05) is 17.8 Å². The molecule has 1 heterocycles. The molecule has 3 nitrogen and oxygen atoms in total. The third kappa shape index (κ3) is 3.01. The predicted octanol–water partition coefficient (Wildman–Crippen LogP) is 3.17. The third-order valence-electron chi connectivity index (χ3n) is 2.15. The lowest BCUT2D eigenvalue weighted by Crippen LogP contribution is -2.11. The predicted molar refractivity (Wildman–Crippen MR) is 63.4 cm³/mol. The molecule has 2 aromatic rings. The van der Waals surface area contributed by atoms with Crippen LogP contribution < -0.4 is 5.73 Å². The number of halogens is 3. The van der Waals surface area contributed by atoms with Gasteiger partial charge in [-0.2, -0.15) is 17.5 Å². The Morgan fingerprint density at radius 3 is 2.67 bits per heavy atom. The normalized spacial score (nSPS) is 11.8. The van der Waals surface area contributed by atoms with Gasteiger partial charge in [-0.15, -0.1) is 0 Å². The van der Waals surface area contributed by atoms with Crippen molar-refractivity contribution in [2.45, 2.75) is 22.0 Å². The largest absolute Gasteiger partial charge is 0.416 e. The summed E-state index contributed by atoms with van der Waals surface area (Å²) in [5.41, 5.74) is 4.70. The molecule has 96 valence electrons. The van der Waals surface area contributed by atoms with Crippen molar-refractivity contribution in [1.82, 2.24) is 9.36 Å². The molecule has 0 atom stereocenters. The molecule has 0 aliphatic carbocycles. The van der Waals surface area contributed by atoms with Crippen LogP contribution in [0, 0.1) is 0 Å². The Morgan fingerprint density at radius 2 is 2.11 bits per heavy atom. The lowest BCUT2D eigenvalue weighted by atomic mass is 10.1. The van der Waals surface area contributed by atoms with Gasteiger partial charge in [0.15, 0.2) is 4.34 Å². The van der Waals surface area contributed by atoms with Crippen molar-refractivity contribution in [3.05, 3.63) is 35.7 Å². The highest BCUT2D eigenvalue weighted by Crippen LogP contribution is 2.36. The van der Waals surface area contributed by atoms with E-state index in [0.29, 0.717) is 9.24 Å². The van der Waals surface area contributed by atoms with E-state index in [9.17, 15) is 13.2 Å². The summed E-state index contributed by atoms with van der Waals surface area (Å²) in [5, 5.41) is 0. The van der Waals surface area contributed by atoms with Crippen LogP contribution >= 0.6 is 23.3 Å². The average Bonchev–Trinajstić information content (AvgIpc) is 2.80. The minimum Gasteiger partial charge on any atom is -0.326 e. The SMILES string of the molecule is NCc1ccc(Sc2ncns2)cc1C(F)(F)F. The van der Waals surface area contributed by atoms with E-state index in [1.165, 1.54) is 12.4 Å². The Hall–Kier alpha value is -1.12. The average molecular weight is 291 g/mol. The Morgan fingerprint density at radius 1 is 1.33 bits per heavy atom. The van der Waals surface area contributed by atoms with E-state index in [1.54, 1.807) is 6.07 Å². The molecule has 0 saturated heterocycles. The van der Waals surface area contributed by atoms with Gasteiger partial charge in [0, 0.05) is 11.4 Å². The van der Waals surface area contributed by atoms with Gasteiger partial charge in [0.2, 0.25) is 0 Å². The first kappa shape index (κ1) is 13.3. The maximum atomic E-state index is 12.8. The van der Waals surface area contributed by atoms with Gasteiger partial charge in [0.1, 0.15) is 6.33 Å². The third-order valence-corrected chi connectivity index (χ3v) is 3.86. The molecule has 0 aliphatic heterocycles. The highest BCUT2D eigenvalue weighted by atomic mass is 32.2. The molecule has 0 amide bonds. The number of nitrogens with zero attached hydrogens (tertiary/aromatic N) is 2. The van der Waals surface area contributed by atoms with Gasteiger partial charge >= 0.3 is 6.18 Å². The van der Waals surface area contributed by atoms with E-state index in [1.807, 2.05) is 0 Å². The van der Waals surface area contributed by atoms with Crippen molar-refractivity contribution in [3.8, 4) is 0 Å². The first-order chi connectivity index (χ1) is 8.50. The van der Waals surface area contributed by atoms with Gasteiger partial charge < -0.3 is 5.73 Å². The summed E-state index contributed by atoms with van der Waals surface area (Å²) in [4.78, 5) is 4.38. The fourth-order valence-corrected chi connectivity index (χ4v) is 2.83. The second-order valence-corrected chi connectivity index (χ2v) is 5.43. The lowest BCUT2D eigenvalue weighted by molar-refractivity contribution is -0.138. The van der Waals surface area contributed by atoms with Crippen LogP contribution in [-0.4, -0.2) is 9.36 Å². The minimum atomic E-state index is -4.40. The number of hydrogen-bond acceptors (Lipinski definition) is 5. The Labute approximate surface area is 109 Å². The molecule has 0 bridgehead atoms. The summed E-state index contributed by atoms with van der Waals surface area (Å²) >= 11 is 2.28. The maximum Gasteiger partial charge on any atom is 0.416 e. The van der Waals surface area contributed by atoms with Gasteiger partial charge in [0.05, 0.1) is 5.56 Å².